The zero-order valence-electron chi connectivity index (χ0n) is 15.5. The van der Waals surface area contributed by atoms with Crippen LogP contribution < -0.4 is 10.5 Å². The molecule has 2 N–H and O–H groups in total. The number of aromatic nitrogens is 1. The molecule has 0 amide bonds. The van der Waals surface area contributed by atoms with Gasteiger partial charge in [0, 0.05) is 23.3 Å². The van der Waals surface area contributed by atoms with E-state index < -0.39 is 9.84 Å². The number of ether oxygens (including phenoxy) is 2. The average molecular weight is 400 g/mol. The second-order valence-electron chi connectivity index (χ2n) is 6.17. The minimum Gasteiger partial charge on any atom is -0.469 e. The van der Waals surface area contributed by atoms with Crippen LogP contribution in [0.15, 0.2) is 53.6 Å². The van der Waals surface area contributed by atoms with E-state index in [2.05, 4.69) is 4.98 Å². The highest BCUT2D eigenvalue weighted by molar-refractivity contribution is 7.91. The van der Waals surface area contributed by atoms with Crippen LogP contribution in [0.1, 0.15) is 12.5 Å². The Morgan fingerprint density at radius 3 is 2.57 bits per heavy atom. The highest BCUT2D eigenvalue weighted by Crippen LogP contribution is 2.32. The van der Waals surface area contributed by atoms with E-state index in [-0.39, 0.29) is 28.9 Å². The Morgan fingerprint density at radius 2 is 1.93 bits per heavy atom. The Bertz CT molecular complexity index is 1130. The Hall–Kier alpha value is -3.13. The first-order valence-corrected chi connectivity index (χ1v) is 10.2. The van der Waals surface area contributed by atoms with Crippen LogP contribution in [-0.2, 0) is 25.8 Å². The number of benzene rings is 2. The molecule has 0 aliphatic heterocycles. The van der Waals surface area contributed by atoms with E-state index in [9.17, 15) is 13.2 Å². The molecule has 0 saturated carbocycles. The van der Waals surface area contributed by atoms with E-state index in [1.54, 1.807) is 25.1 Å². The molecule has 0 spiro atoms. The molecule has 28 heavy (non-hydrogen) atoms. The van der Waals surface area contributed by atoms with Crippen molar-refractivity contribution in [3.63, 3.8) is 0 Å². The Kier molecular flexibility index (Phi) is 5.51. The van der Waals surface area contributed by atoms with Gasteiger partial charge in [0.05, 0.1) is 24.2 Å². The average Bonchev–Trinajstić information content (AvgIpc) is 2.69. The molecule has 7 nitrogen and oxygen atoms in total. The summed E-state index contributed by atoms with van der Waals surface area (Å²) in [6.45, 7) is 1.57. The van der Waals surface area contributed by atoms with Crippen LogP contribution >= 0.6 is 0 Å². The summed E-state index contributed by atoms with van der Waals surface area (Å²) in [5.41, 5.74) is 7.18. The number of pyridine rings is 1. The number of hydrogen-bond donors (Lipinski definition) is 1. The molecule has 0 radical (unpaired) electrons. The molecule has 0 bridgehead atoms. The summed E-state index contributed by atoms with van der Waals surface area (Å²) in [6, 6.07) is 11.9. The maximum Gasteiger partial charge on any atom is 0.309 e. The summed E-state index contributed by atoms with van der Waals surface area (Å²) in [6.07, 6.45) is 1.36. The van der Waals surface area contributed by atoms with E-state index in [0.717, 1.165) is 10.8 Å². The van der Waals surface area contributed by atoms with Crippen molar-refractivity contribution in [2.24, 2.45) is 0 Å². The summed E-state index contributed by atoms with van der Waals surface area (Å²) >= 11 is 0. The van der Waals surface area contributed by atoms with Crippen molar-refractivity contribution in [3.8, 4) is 11.6 Å². The molecule has 2 aromatic carbocycles. The molecule has 0 atom stereocenters. The number of carbonyl (C=O) groups excluding carboxylic acids is 1. The number of anilines is 1. The van der Waals surface area contributed by atoms with Gasteiger partial charge in [-0.3, -0.25) is 4.79 Å². The van der Waals surface area contributed by atoms with Crippen LogP contribution in [0, 0.1) is 0 Å². The molecule has 0 unspecified atom stereocenters. The number of nitrogens with two attached hydrogens (primary N) is 1. The summed E-state index contributed by atoms with van der Waals surface area (Å²) in [7, 11) is -2.01. The van der Waals surface area contributed by atoms with Gasteiger partial charge < -0.3 is 15.2 Å². The number of nitrogens with zero attached hydrogens (tertiary/aromatic N) is 1. The predicted molar refractivity (Wildman–Crippen MR) is 106 cm³/mol. The van der Waals surface area contributed by atoms with Gasteiger partial charge in [0.2, 0.25) is 5.88 Å². The molecule has 0 saturated heterocycles. The normalized spacial score (nSPS) is 11.4. The van der Waals surface area contributed by atoms with Gasteiger partial charge in [-0.1, -0.05) is 19.1 Å². The number of nitrogen functional groups attached to an aromatic ring is 1. The number of carbonyl (C=O) groups is 1. The number of rotatable bonds is 6. The minimum absolute atomic E-state index is 0.00558. The molecule has 3 rings (SSSR count). The quantitative estimate of drug-likeness (QED) is 0.500. The number of sulfone groups is 1. The monoisotopic (exact) mass is 400 g/mol. The minimum atomic E-state index is -3.34. The molecule has 0 aliphatic rings. The SMILES string of the molecule is CCS(=O)(=O)c1ccc(Oc2cc(CC(=O)OC)cc3ccc(N)cc23)nc1. The Balaban J connectivity index is 2.01. The third-order valence-corrected chi connectivity index (χ3v) is 5.96. The van der Waals surface area contributed by atoms with Crippen molar-refractivity contribution >= 4 is 32.3 Å². The Morgan fingerprint density at radius 1 is 1.14 bits per heavy atom. The van der Waals surface area contributed by atoms with Gasteiger partial charge in [0.15, 0.2) is 9.84 Å². The van der Waals surface area contributed by atoms with Gasteiger partial charge in [0.1, 0.15) is 5.75 Å². The zero-order chi connectivity index (χ0) is 20.3. The fourth-order valence-corrected chi connectivity index (χ4v) is 3.54. The van der Waals surface area contributed by atoms with Gasteiger partial charge in [0.25, 0.3) is 0 Å². The topological polar surface area (TPSA) is 109 Å². The van der Waals surface area contributed by atoms with Crippen molar-refractivity contribution in [1.82, 2.24) is 4.98 Å². The Labute approximate surface area is 163 Å². The van der Waals surface area contributed by atoms with Crippen LogP contribution in [0.25, 0.3) is 10.8 Å². The first-order valence-electron chi connectivity index (χ1n) is 8.58. The second-order valence-corrected chi connectivity index (χ2v) is 8.44. The molecule has 0 aliphatic carbocycles. The maximum absolute atomic E-state index is 11.9. The van der Waals surface area contributed by atoms with Crippen molar-refractivity contribution in [1.29, 1.82) is 0 Å². The third kappa shape index (κ3) is 4.23. The smallest absolute Gasteiger partial charge is 0.309 e. The highest BCUT2D eigenvalue weighted by Gasteiger charge is 2.14. The third-order valence-electron chi connectivity index (χ3n) is 4.24. The summed E-state index contributed by atoms with van der Waals surface area (Å²) in [5.74, 6) is 0.318. The first kappa shape index (κ1) is 19.6. The molecular formula is C20H20N2O5S. The van der Waals surface area contributed by atoms with Gasteiger partial charge in [-0.15, -0.1) is 0 Å². The van der Waals surface area contributed by atoms with Crippen molar-refractivity contribution in [2.75, 3.05) is 18.6 Å². The van der Waals surface area contributed by atoms with Crippen LogP contribution in [0.3, 0.4) is 0 Å². The molecular weight excluding hydrogens is 380 g/mol. The number of esters is 1. The van der Waals surface area contributed by atoms with Crippen LogP contribution in [0.5, 0.6) is 11.6 Å². The van der Waals surface area contributed by atoms with Crippen molar-refractivity contribution in [3.05, 3.63) is 54.2 Å². The second kappa shape index (κ2) is 7.85. The van der Waals surface area contributed by atoms with Gasteiger partial charge >= 0.3 is 5.97 Å². The lowest BCUT2D eigenvalue weighted by Crippen LogP contribution is -2.05. The molecule has 8 heteroatoms. The molecule has 3 aromatic rings. The van der Waals surface area contributed by atoms with Crippen molar-refractivity contribution in [2.45, 2.75) is 18.2 Å². The van der Waals surface area contributed by atoms with Crippen LogP contribution in [0.2, 0.25) is 0 Å². The molecule has 1 aromatic heterocycles. The fraction of sp³-hybridized carbons (Fsp3) is 0.200. The van der Waals surface area contributed by atoms with E-state index in [0.29, 0.717) is 17.0 Å². The van der Waals surface area contributed by atoms with Crippen molar-refractivity contribution < 1.29 is 22.7 Å². The molecule has 146 valence electrons. The summed E-state index contributed by atoms with van der Waals surface area (Å²) in [5, 5.41) is 1.59. The van der Waals surface area contributed by atoms with Crippen LogP contribution in [-0.4, -0.2) is 32.2 Å². The summed E-state index contributed by atoms with van der Waals surface area (Å²) in [4.78, 5) is 15.9. The molecule has 0 fully saturated rings. The lowest BCUT2D eigenvalue weighted by molar-refractivity contribution is -0.139. The number of hydrogen-bond acceptors (Lipinski definition) is 7. The standard InChI is InChI=1S/C20H20N2O5S/c1-3-28(24,25)16-6-7-19(22-12-16)27-18-9-13(10-20(23)26-2)8-14-4-5-15(21)11-17(14)18/h4-9,11-12H,3,10,21H2,1-2H3. The summed E-state index contributed by atoms with van der Waals surface area (Å²) < 4.78 is 34.5. The predicted octanol–water partition coefficient (Wildman–Crippen LogP) is 3.12. The maximum atomic E-state index is 11.9. The fourth-order valence-electron chi connectivity index (χ4n) is 2.72. The van der Waals surface area contributed by atoms with E-state index >= 15 is 0 Å². The highest BCUT2D eigenvalue weighted by atomic mass is 32.2. The zero-order valence-corrected chi connectivity index (χ0v) is 16.3. The van der Waals surface area contributed by atoms with E-state index in [4.69, 9.17) is 15.2 Å². The van der Waals surface area contributed by atoms with Gasteiger partial charge in [-0.25, -0.2) is 13.4 Å². The first-order chi connectivity index (χ1) is 13.3. The number of methoxy groups -OCH3 is 1. The lowest BCUT2D eigenvalue weighted by atomic mass is 10.0. The van der Waals surface area contributed by atoms with Gasteiger partial charge in [-0.2, -0.15) is 0 Å². The number of fused-ring (bicyclic) bond motifs is 1. The lowest BCUT2D eigenvalue weighted by Gasteiger charge is -2.12. The van der Waals surface area contributed by atoms with E-state index in [1.165, 1.54) is 25.4 Å². The molecule has 1 heterocycles. The largest absolute Gasteiger partial charge is 0.469 e. The van der Waals surface area contributed by atoms with E-state index in [1.807, 2.05) is 12.1 Å². The van der Waals surface area contributed by atoms with Gasteiger partial charge in [-0.05, 0) is 35.2 Å². The van der Waals surface area contributed by atoms with Crippen LogP contribution in [0.4, 0.5) is 5.69 Å².